The number of hydrogen-bond acceptors (Lipinski definition) is 2. The Balaban J connectivity index is 2.09. The SMILES string of the molecule is CC(Cl)c1nc2cc(Br)ccc2n1CC1(C)CCCS1. The van der Waals surface area contributed by atoms with E-state index in [2.05, 4.69) is 57.4 Å². The average molecular weight is 374 g/mol. The zero-order valence-electron chi connectivity index (χ0n) is 11.7. The largest absolute Gasteiger partial charge is 0.325 e. The number of alkyl halides is 1. The van der Waals surface area contributed by atoms with Gasteiger partial charge in [-0.2, -0.15) is 11.8 Å². The third-order valence-electron chi connectivity index (χ3n) is 3.89. The van der Waals surface area contributed by atoms with E-state index in [1.807, 2.05) is 6.92 Å². The summed E-state index contributed by atoms with van der Waals surface area (Å²) in [5, 5.41) is -0.0730. The lowest BCUT2D eigenvalue weighted by atomic mass is 10.1. The smallest absolute Gasteiger partial charge is 0.127 e. The fourth-order valence-corrected chi connectivity index (χ4v) is 4.69. The van der Waals surface area contributed by atoms with Gasteiger partial charge in [0.05, 0.1) is 16.4 Å². The first-order chi connectivity index (χ1) is 9.48. The van der Waals surface area contributed by atoms with Gasteiger partial charge in [-0.1, -0.05) is 15.9 Å². The van der Waals surface area contributed by atoms with Crippen molar-refractivity contribution in [3.8, 4) is 0 Å². The van der Waals surface area contributed by atoms with E-state index in [1.165, 1.54) is 24.1 Å². The summed E-state index contributed by atoms with van der Waals surface area (Å²) in [4.78, 5) is 4.74. The molecule has 2 aromatic rings. The molecule has 0 radical (unpaired) electrons. The van der Waals surface area contributed by atoms with Crippen LogP contribution >= 0.6 is 39.3 Å². The lowest BCUT2D eigenvalue weighted by molar-refractivity contribution is 0.506. The molecule has 2 unspecified atom stereocenters. The van der Waals surface area contributed by atoms with Gasteiger partial charge in [0.15, 0.2) is 0 Å². The average Bonchev–Trinajstić information content (AvgIpc) is 2.94. The zero-order valence-corrected chi connectivity index (χ0v) is 14.9. The summed E-state index contributed by atoms with van der Waals surface area (Å²) < 4.78 is 3.68. The number of aromatic nitrogens is 2. The van der Waals surface area contributed by atoms with Crippen LogP contribution in [0.3, 0.4) is 0 Å². The first-order valence-corrected chi connectivity index (χ1v) is 9.14. The number of nitrogens with zero attached hydrogens (tertiary/aromatic N) is 2. The molecule has 0 spiro atoms. The maximum atomic E-state index is 6.35. The minimum Gasteiger partial charge on any atom is -0.325 e. The number of thioether (sulfide) groups is 1. The monoisotopic (exact) mass is 372 g/mol. The number of imidazole rings is 1. The minimum atomic E-state index is -0.0730. The van der Waals surface area contributed by atoms with Gasteiger partial charge in [-0.3, -0.25) is 0 Å². The Bertz CT molecular complexity index is 632. The Morgan fingerprint density at radius 2 is 2.35 bits per heavy atom. The van der Waals surface area contributed by atoms with Crippen LogP contribution in [0.5, 0.6) is 0 Å². The van der Waals surface area contributed by atoms with Crippen molar-refractivity contribution < 1.29 is 0 Å². The molecular formula is C15H18BrClN2S. The summed E-state index contributed by atoms with van der Waals surface area (Å²) in [6.45, 7) is 5.35. The summed E-state index contributed by atoms with van der Waals surface area (Å²) in [6.07, 6.45) is 2.58. The maximum absolute atomic E-state index is 6.35. The van der Waals surface area contributed by atoms with E-state index in [9.17, 15) is 0 Å². The molecular weight excluding hydrogens is 356 g/mol. The van der Waals surface area contributed by atoms with Crippen molar-refractivity contribution >= 4 is 50.3 Å². The van der Waals surface area contributed by atoms with E-state index < -0.39 is 0 Å². The van der Waals surface area contributed by atoms with Crippen molar-refractivity contribution in [3.63, 3.8) is 0 Å². The van der Waals surface area contributed by atoms with Gasteiger partial charge in [0, 0.05) is 15.8 Å². The summed E-state index contributed by atoms with van der Waals surface area (Å²) in [6, 6.07) is 6.28. The zero-order chi connectivity index (χ0) is 14.3. The van der Waals surface area contributed by atoms with Crippen LogP contribution in [0.2, 0.25) is 0 Å². The van der Waals surface area contributed by atoms with E-state index in [4.69, 9.17) is 16.6 Å². The molecule has 108 valence electrons. The van der Waals surface area contributed by atoms with Crippen LogP contribution in [0, 0.1) is 0 Å². The maximum Gasteiger partial charge on any atom is 0.127 e. The number of benzene rings is 1. The van der Waals surface area contributed by atoms with Crippen molar-refractivity contribution in [1.82, 2.24) is 9.55 Å². The molecule has 1 aromatic heterocycles. The normalized spacial score (nSPS) is 24.4. The van der Waals surface area contributed by atoms with Gasteiger partial charge in [-0.25, -0.2) is 4.98 Å². The third kappa shape index (κ3) is 2.75. The van der Waals surface area contributed by atoms with Gasteiger partial charge in [-0.15, -0.1) is 11.6 Å². The highest BCUT2D eigenvalue weighted by molar-refractivity contribution is 9.10. The molecule has 0 N–H and O–H groups in total. The molecule has 2 nitrogen and oxygen atoms in total. The number of hydrogen-bond donors (Lipinski definition) is 0. The number of fused-ring (bicyclic) bond motifs is 1. The van der Waals surface area contributed by atoms with E-state index >= 15 is 0 Å². The molecule has 3 rings (SSSR count). The fourth-order valence-electron chi connectivity index (χ4n) is 2.89. The highest BCUT2D eigenvalue weighted by Crippen LogP contribution is 2.40. The van der Waals surface area contributed by atoms with Crippen LogP contribution in [0.4, 0.5) is 0 Å². The highest BCUT2D eigenvalue weighted by Gasteiger charge is 2.31. The summed E-state index contributed by atoms with van der Waals surface area (Å²) in [5.41, 5.74) is 2.21. The second kappa shape index (κ2) is 5.54. The summed E-state index contributed by atoms with van der Waals surface area (Å²) >= 11 is 11.9. The first-order valence-electron chi connectivity index (χ1n) is 6.92. The minimum absolute atomic E-state index is 0.0730. The Morgan fingerprint density at radius 1 is 1.55 bits per heavy atom. The molecule has 1 aromatic carbocycles. The van der Waals surface area contributed by atoms with Crippen LogP contribution in [0.15, 0.2) is 22.7 Å². The molecule has 2 atom stereocenters. The van der Waals surface area contributed by atoms with Crippen molar-refractivity contribution in [3.05, 3.63) is 28.5 Å². The number of halogens is 2. The molecule has 0 aliphatic carbocycles. The van der Waals surface area contributed by atoms with Crippen molar-refractivity contribution in [2.45, 2.75) is 43.4 Å². The van der Waals surface area contributed by atoms with Crippen molar-refractivity contribution in [2.75, 3.05) is 5.75 Å². The van der Waals surface area contributed by atoms with Crippen molar-refractivity contribution in [1.29, 1.82) is 0 Å². The van der Waals surface area contributed by atoms with Crippen molar-refractivity contribution in [2.24, 2.45) is 0 Å². The molecule has 2 heterocycles. The van der Waals surface area contributed by atoms with Gasteiger partial charge >= 0.3 is 0 Å². The fraction of sp³-hybridized carbons (Fsp3) is 0.533. The van der Waals surface area contributed by atoms with Gasteiger partial charge in [-0.05, 0) is 50.6 Å². The Hall–Kier alpha value is -0.190. The van der Waals surface area contributed by atoms with E-state index in [-0.39, 0.29) is 5.38 Å². The van der Waals surface area contributed by atoms with Gasteiger partial charge in [0.2, 0.25) is 0 Å². The Kier molecular flexibility index (Phi) is 4.08. The van der Waals surface area contributed by atoms with E-state index in [0.29, 0.717) is 4.75 Å². The Morgan fingerprint density at radius 3 is 3.00 bits per heavy atom. The topological polar surface area (TPSA) is 17.8 Å². The highest BCUT2D eigenvalue weighted by atomic mass is 79.9. The molecule has 5 heteroatoms. The lowest BCUT2D eigenvalue weighted by Crippen LogP contribution is -2.25. The molecule has 1 aliphatic heterocycles. The first kappa shape index (κ1) is 14.7. The van der Waals surface area contributed by atoms with Crippen LogP contribution in [-0.2, 0) is 6.54 Å². The molecule has 0 saturated carbocycles. The van der Waals surface area contributed by atoms with Gasteiger partial charge in [0.25, 0.3) is 0 Å². The second-order valence-corrected chi connectivity index (χ2v) is 8.96. The predicted molar refractivity (Wildman–Crippen MR) is 91.8 cm³/mol. The molecule has 0 bridgehead atoms. The van der Waals surface area contributed by atoms with E-state index in [0.717, 1.165) is 22.4 Å². The van der Waals surface area contributed by atoms with Crippen LogP contribution in [0.1, 0.15) is 37.9 Å². The Labute approximate surface area is 137 Å². The standard InChI is InChI=1S/C15H18BrClN2S/c1-10(17)14-18-12-8-11(16)4-5-13(12)19(14)9-15(2)6-3-7-20-15/h4-5,8,10H,3,6-7,9H2,1-2H3. The molecule has 1 fully saturated rings. The lowest BCUT2D eigenvalue weighted by Gasteiger charge is -2.25. The van der Waals surface area contributed by atoms with Crippen LogP contribution in [0.25, 0.3) is 11.0 Å². The summed E-state index contributed by atoms with van der Waals surface area (Å²) in [7, 11) is 0. The molecule has 20 heavy (non-hydrogen) atoms. The predicted octanol–water partition coefficient (Wildman–Crippen LogP) is 5.38. The second-order valence-electron chi connectivity index (χ2n) is 5.71. The van der Waals surface area contributed by atoms with Crippen LogP contribution in [-0.4, -0.2) is 20.1 Å². The molecule has 0 amide bonds. The molecule has 1 aliphatic rings. The van der Waals surface area contributed by atoms with Crippen LogP contribution < -0.4 is 0 Å². The summed E-state index contributed by atoms with van der Waals surface area (Å²) in [5.74, 6) is 2.24. The third-order valence-corrected chi connectivity index (χ3v) is 6.10. The molecule has 1 saturated heterocycles. The number of rotatable bonds is 3. The van der Waals surface area contributed by atoms with E-state index in [1.54, 1.807) is 0 Å². The van der Waals surface area contributed by atoms with Gasteiger partial charge < -0.3 is 4.57 Å². The van der Waals surface area contributed by atoms with Gasteiger partial charge in [0.1, 0.15) is 5.82 Å². The quantitative estimate of drug-likeness (QED) is 0.672.